The first-order valence-corrected chi connectivity index (χ1v) is 8.60. The Morgan fingerprint density at radius 3 is 2.50 bits per heavy atom. The number of aromatic nitrogens is 2. The van der Waals surface area contributed by atoms with Crippen molar-refractivity contribution >= 4 is 29.2 Å². The van der Waals surface area contributed by atoms with E-state index in [1.165, 1.54) is 24.3 Å². The van der Waals surface area contributed by atoms with Gasteiger partial charge in [-0.15, -0.1) is 0 Å². The third-order valence-corrected chi connectivity index (χ3v) is 4.33. The molecule has 0 aliphatic rings. The van der Waals surface area contributed by atoms with Gasteiger partial charge < -0.3 is 10.1 Å². The van der Waals surface area contributed by atoms with Gasteiger partial charge in [-0.05, 0) is 30.3 Å². The molecule has 0 saturated carbocycles. The van der Waals surface area contributed by atoms with Gasteiger partial charge in [0.2, 0.25) is 0 Å². The van der Waals surface area contributed by atoms with Crippen LogP contribution in [0.5, 0.6) is 0 Å². The van der Waals surface area contributed by atoms with E-state index in [1.807, 2.05) is 0 Å². The molecule has 0 saturated heterocycles. The molecule has 0 fully saturated rings. The summed E-state index contributed by atoms with van der Waals surface area (Å²) in [5.41, 5.74) is -2.89. The molecule has 11 heteroatoms. The van der Waals surface area contributed by atoms with Gasteiger partial charge >= 0.3 is 12.1 Å². The van der Waals surface area contributed by atoms with Crippen LogP contribution in [0.15, 0.2) is 48.7 Å². The zero-order chi connectivity index (χ0) is 22.1. The molecule has 1 amide bonds. The first kappa shape index (κ1) is 21.3. The maximum absolute atomic E-state index is 14.0. The minimum atomic E-state index is -5.02. The van der Waals surface area contributed by atoms with E-state index < -0.39 is 40.8 Å². The highest BCUT2D eigenvalue weighted by molar-refractivity contribution is 6.34. The number of esters is 1. The third-order valence-electron chi connectivity index (χ3n) is 4.00. The number of nitrogens with one attached hydrogen (secondary N) is 1. The summed E-state index contributed by atoms with van der Waals surface area (Å²) in [5.74, 6) is -2.88. The number of rotatable bonds is 4. The van der Waals surface area contributed by atoms with Crippen LogP contribution in [0.1, 0.15) is 26.4 Å². The number of para-hydroxylation sites is 1. The summed E-state index contributed by atoms with van der Waals surface area (Å²) in [6.45, 7) is 0. The second kappa shape index (κ2) is 8.15. The normalized spacial score (nSPS) is 11.3. The molecule has 30 heavy (non-hydrogen) atoms. The lowest BCUT2D eigenvalue weighted by Gasteiger charge is -2.14. The largest absolute Gasteiger partial charge is 0.465 e. The van der Waals surface area contributed by atoms with Crippen LogP contribution in [-0.2, 0) is 10.9 Å². The van der Waals surface area contributed by atoms with Crippen LogP contribution in [0.4, 0.5) is 23.2 Å². The Morgan fingerprint density at radius 1 is 1.17 bits per heavy atom. The molecule has 3 aromatic rings. The highest BCUT2D eigenvalue weighted by atomic mass is 35.5. The van der Waals surface area contributed by atoms with Crippen LogP contribution < -0.4 is 5.32 Å². The number of hydrogen-bond donors (Lipinski definition) is 1. The number of methoxy groups -OCH3 is 1. The topological polar surface area (TPSA) is 73.2 Å². The molecule has 0 aliphatic carbocycles. The summed E-state index contributed by atoms with van der Waals surface area (Å²) >= 11 is 5.97. The Hall–Kier alpha value is -3.40. The first-order valence-electron chi connectivity index (χ1n) is 8.23. The molecule has 1 heterocycles. The molecule has 0 bridgehead atoms. The molecular formula is C19H12ClF4N3O3. The van der Waals surface area contributed by atoms with Crippen molar-refractivity contribution in [3.8, 4) is 5.69 Å². The maximum atomic E-state index is 14.0. The number of carbonyl (C=O) groups excluding carboxylic acids is 2. The minimum absolute atomic E-state index is 0.0222. The molecule has 2 aromatic carbocycles. The number of nitrogens with zero attached hydrogens (tertiary/aromatic N) is 2. The molecule has 1 N–H and O–H groups in total. The van der Waals surface area contributed by atoms with Gasteiger partial charge in [0, 0.05) is 0 Å². The van der Waals surface area contributed by atoms with Gasteiger partial charge in [0.25, 0.3) is 5.91 Å². The summed E-state index contributed by atoms with van der Waals surface area (Å²) in [7, 11) is 1.14. The van der Waals surface area contributed by atoms with E-state index in [9.17, 15) is 27.2 Å². The molecule has 0 atom stereocenters. The summed E-state index contributed by atoms with van der Waals surface area (Å²) in [6.07, 6.45) is -4.36. The van der Waals surface area contributed by atoms with E-state index >= 15 is 0 Å². The van der Waals surface area contributed by atoms with E-state index in [2.05, 4.69) is 15.2 Å². The minimum Gasteiger partial charge on any atom is -0.465 e. The number of alkyl halides is 3. The van der Waals surface area contributed by atoms with Crippen LogP contribution in [0.3, 0.4) is 0 Å². The Kier molecular flexibility index (Phi) is 5.79. The van der Waals surface area contributed by atoms with Gasteiger partial charge in [-0.2, -0.15) is 18.3 Å². The lowest BCUT2D eigenvalue weighted by molar-refractivity contribution is -0.143. The fourth-order valence-electron chi connectivity index (χ4n) is 2.65. The van der Waals surface area contributed by atoms with E-state index in [1.54, 1.807) is 0 Å². The Bertz CT molecular complexity index is 1130. The van der Waals surface area contributed by atoms with Crippen molar-refractivity contribution in [3.63, 3.8) is 0 Å². The molecule has 0 spiro atoms. The van der Waals surface area contributed by atoms with E-state index in [4.69, 9.17) is 11.6 Å². The zero-order valence-corrected chi connectivity index (χ0v) is 15.9. The number of halogens is 5. The van der Waals surface area contributed by atoms with Gasteiger partial charge in [-0.25, -0.2) is 13.9 Å². The summed E-state index contributed by atoms with van der Waals surface area (Å²) in [5, 5.41) is 5.74. The molecular weight excluding hydrogens is 430 g/mol. The van der Waals surface area contributed by atoms with E-state index in [0.29, 0.717) is 10.9 Å². The predicted octanol–water partition coefficient (Wildman–Crippen LogP) is 4.72. The van der Waals surface area contributed by atoms with Gasteiger partial charge in [0.1, 0.15) is 11.5 Å². The molecule has 0 unspecified atom stereocenters. The average molecular weight is 442 g/mol. The highest BCUT2D eigenvalue weighted by Gasteiger charge is 2.41. The second-order valence-corrected chi connectivity index (χ2v) is 6.32. The number of hydrogen-bond acceptors (Lipinski definition) is 4. The Balaban J connectivity index is 2.04. The summed E-state index contributed by atoms with van der Waals surface area (Å²) < 4.78 is 60.0. The zero-order valence-electron chi connectivity index (χ0n) is 15.1. The molecule has 0 aliphatic heterocycles. The van der Waals surface area contributed by atoms with Crippen LogP contribution in [0.25, 0.3) is 5.69 Å². The van der Waals surface area contributed by atoms with Crippen molar-refractivity contribution in [1.29, 1.82) is 0 Å². The maximum Gasteiger partial charge on any atom is 0.434 e. The van der Waals surface area contributed by atoms with Crippen molar-refractivity contribution in [2.75, 3.05) is 12.4 Å². The van der Waals surface area contributed by atoms with Crippen molar-refractivity contribution in [3.05, 3.63) is 76.3 Å². The van der Waals surface area contributed by atoms with E-state index in [0.717, 1.165) is 25.3 Å². The fraction of sp³-hybridized carbons (Fsp3) is 0.105. The highest BCUT2D eigenvalue weighted by Crippen LogP contribution is 2.35. The van der Waals surface area contributed by atoms with Gasteiger partial charge in [-0.3, -0.25) is 4.79 Å². The van der Waals surface area contributed by atoms with Crippen LogP contribution >= 0.6 is 11.6 Å². The van der Waals surface area contributed by atoms with Crippen molar-refractivity contribution in [2.45, 2.75) is 6.18 Å². The molecule has 6 nitrogen and oxygen atoms in total. The fourth-order valence-corrected chi connectivity index (χ4v) is 2.81. The third kappa shape index (κ3) is 4.13. The molecule has 0 radical (unpaired) electrons. The first-order chi connectivity index (χ1) is 14.1. The molecule has 156 valence electrons. The molecule has 1 aromatic heterocycles. The number of anilines is 1. The standard InChI is InChI=1S/C19H12ClF4N3O3/c1-30-18(29)10-6-7-12(20)14(8-10)26-17(28)11-9-25-27(16(11)19(22,23)24)15-5-3-2-4-13(15)21/h2-9H,1H3,(H,26,28). The Labute approximate surface area is 172 Å². The van der Waals surface area contributed by atoms with Gasteiger partial charge in [0.15, 0.2) is 5.69 Å². The Morgan fingerprint density at radius 2 is 1.87 bits per heavy atom. The lowest BCUT2D eigenvalue weighted by atomic mass is 10.1. The second-order valence-electron chi connectivity index (χ2n) is 5.91. The predicted molar refractivity (Wildman–Crippen MR) is 99.3 cm³/mol. The number of benzene rings is 2. The van der Waals surface area contributed by atoms with Gasteiger partial charge in [-0.1, -0.05) is 23.7 Å². The van der Waals surface area contributed by atoms with E-state index in [-0.39, 0.29) is 16.3 Å². The summed E-state index contributed by atoms with van der Waals surface area (Å²) in [4.78, 5) is 24.2. The monoisotopic (exact) mass is 441 g/mol. The molecule has 3 rings (SSSR count). The number of carbonyl (C=O) groups is 2. The van der Waals surface area contributed by atoms with Crippen LogP contribution in [-0.4, -0.2) is 28.8 Å². The number of ether oxygens (including phenoxy) is 1. The average Bonchev–Trinajstić information content (AvgIpc) is 3.15. The lowest BCUT2D eigenvalue weighted by Crippen LogP contribution is -2.21. The van der Waals surface area contributed by atoms with Crippen molar-refractivity contribution in [2.24, 2.45) is 0 Å². The van der Waals surface area contributed by atoms with Gasteiger partial charge in [0.05, 0.1) is 35.1 Å². The number of amides is 1. The SMILES string of the molecule is COC(=O)c1ccc(Cl)c(NC(=O)c2cnn(-c3ccccc3F)c2C(F)(F)F)c1. The van der Waals surface area contributed by atoms with Crippen molar-refractivity contribution < 1.29 is 31.9 Å². The smallest absolute Gasteiger partial charge is 0.434 e. The quantitative estimate of drug-likeness (QED) is 0.469. The van der Waals surface area contributed by atoms with Crippen LogP contribution in [0, 0.1) is 5.82 Å². The van der Waals surface area contributed by atoms with Crippen LogP contribution in [0.2, 0.25) is 5.02 Å². The van der Waals surface area contributed by atoms with Crippen molar-refractivity contribution in [1.82, 2.24) is 9.78 Å². The summed E-state index contributed by atoms with van der Waals surface area (Å²) in [6, 6.07) is 8.45.